The molecule has 0 radical (unpaired) electrons. The molecule has 2 heterocycles. The van der Waals surface area contributed by atoms with Crippen molar-refractivity contribution in [1.29, 1.82) is 0 Å². The third-order valence-electron chi connectivity index (χ3n) is 5.68. The molecule has 31 heavy (non-hydrogen) atoms. The van der Waals surface area contributed by atoms with Gasteiger partial charge in [0.2, 0.25) is 5.91 Å². The molecule has 0 bridgehead atoms. The quantitative estimate of drug-likeness (QED) is 0.732. The summed E-state index contributed by atoms with van der Waals surface area (Å²) in [7, 11) is 3.18. The van der Waals surface area contributed by atoms with Crippen LogP contribution in [0.1, 0.15) is 50.8 Å². The van der Waals surface area contributed by atoms with Gasteiger partial charge in [-0.05, 0) is 57.2 Å². The maximum Gasteiger partial charge on any atom is 0.411 e. The van der Waals surface area contributed by atoms with E-state index in [2.05, 4.69) is 0 Å². The van der Waals surface area contributed by atoms with Crippen molar-refractivity contribution in [2.24, 2.45) is 0 Å². The number of anilines is 1. The van der Waals surface area contributed by atoms with Crippen LogP contribution in [0.3, 0.4) is 0 Å². The van der Waals surface area contributed by atoms with Gasteiger partial charge in [-0.2, -0.15) is 0 Å². The molecule has 1 saturated heterocycles. The van der Waals surface area contributed by atoms with E-state index in [0.717, 1.165) is 29.7 Å². The number of hydrogen-bond acceptors (Lipinski definition) is 5. The zero-order valence-corrected chi connectivity index (χ0v) is 19.1. The molecule has 2 aliphatic heterocycles. The first-order chi connectivity index (χ1) is 14.6. The van der Waals surface area contributed by atoms with Crippen LogP contribution in [0, 0.1) is 0 Å². The summed E-state index contributed by atoms with van der Waals surface area (Å²) in [6, 6.07) is 4.81. The van der Waals surface area contributed by atoms with Gasteiger partial charge in [0.05, 0.1) is 0 Å². The largest absolute Gasteiger partial charge is 0.444 e. The van der Waals surface area contributed by atoms with Crippen LogP contribution in [-0.4, -0.2) is 73.7 Å². The maximum absolute atomic E-state index is 13.5. The van der Waals surface area contributed by atoms with Crippen molar-refractivity contribution in [2.45, 2.75) is 51.7 Å². The number of likely N-dealkylation sites (N-methyl/N-ethyl adjacent to an activating group) is 1. The number of fused-ring (bicyclic) bond motifs is 1. The predicted octanol–water partition coefficient (Wildman–Crippen LogP) is 2.75. The molecule has 0 saturated carbocycles. The second-order valence-corrected chi connectivity index (χ2v) is 9.09. The average Bonchev–Trinajstić information content (AvgIpc) is 3.25. The molecule has 1 unspecified atom stereocenters. The first-order valence-electron chi connectivity index (χ1n) is 10.8. The number of methoxy groups -OCH3 is 1. The number of carbonyl (C=O) groups excluding carboxylic acids is 3. The van der Waals surface area contributed by atoms with E-state index in [4.69, 9.17) is 9.47 Å². The van der Waals surface area contributed by atoms with E-state index >= 15 is 0 Å². The molecule has 170 valence electrons. The van der Waals surface area contributed by atoms with Gasteiger partial charge in [-0.1, -0.05) is 12.1 Å². The summed E-state index contributed by atoms with van der Waals surface area (Å²) in [6.45, 7) is 7.14. The Morgan fingerprint density at radius 2 is 1.81 bits per heavy atom. The molecule has 3 rings (SSSR count). The smallest absolute Gasteiger partial charge is 0.411 e. The van der Waals surface area contributed by atoms with Gasteiger partial charge in [-0.25, -0.2) is 4.79 Å². The van der Waals surface area contributed by atoms with Gasteiger partial charge >= 0.3 is 6.09 Å². The molecule has 3 amide bonds. The van der Waals surface area contributed by atoms with Crippen molar-refractivity contribution in [3.05, 3.63) is 29.3 Å². The Labute approximate surface area is 184 Å². The number of rotatable bonds is 4. The van der Waals surface area contributed by atoms with Gasteiger partial charge in [0, 0.05) is 39.5 Å². The lowest BCUT2D eigenvalue weighted by Gasteiger charge is -2.39. The number of amides is 3. The molecule has 0 aliphatic carbocycles. The molecule has 1 fully saturated rings. The fourth-order valence-electron chi connectivity index (χ4n) is 4.21. The van der Waals surface area contributed by atoms with Crippen molar-refractivity contribution in [3.63, 3.8) is 0 Å². The Bertz CT molecular complexity index is 842. The molecular weight excluding hydrogens is 398 g/mol. The van der Waals surface area contributed by atoms with E-state index in [0.29, 0.717) is 26.1 Å². The molecule has 8 nitrogen and oxygen atoms in total. The molecule has 1 atom stereocenters. The normalized spacial score (nSPS) is 18.5. The standard InChI is InChI=1S/C23H33N3O5/c1-23(2,3)31-22(29)26-14-11-16-17(20(26)21(28)25-12-6-7-13-25)9-8-10-18(16)24(4)19(27)15-30-5/h8-10,20H,6-7,11-15H2,1-5H3. The van der Waals surface area contributed by atoms with E-state index < -0.39 is 17.7 Å². The number of ether oxygens (including phenoxy) is 2. The molecule has 0 N–H and O–H groups in total. The van der Waals surface area contributed by atoms with Crippen molar-refractivity contribution in [3.8, 4) is 0 Å². The highest BCUT2D eigenvalue weighted by Gasteiger charge is 2.41. The lowest BCUT2D eigenvalue weighted by atomic mass is 9.90. The van der Waals surface area contributed by atoms with Crippen LogP contribution in [0.15, 0.2) is 18.2 Å². The number of benzene rings is 1. The van der Waals surface area contributed by atoms with Gasteiger partial charge in [0.1, 0.15) is 18.2 Å². The predicted molar refractivity (Wildman–Crippen MR) is 117 cm³/mol. The lowest BCUT2D eigenvalue weighted by molar-refractivity contribution is -0.136. The highest BCUT2D eigenvalue weighted by Crippen LogP contribution is 2.37. The molecule has 0 spiro atoms. The Hall–Kier alpha value is -2.61. The van der Waals surface area contributed by atoms with Gasteiger partial charge < -0.3 is 19.3 Å². The number of hydrogen-bond donors (Lipinski definition) is 0. The fraction of sp³-hybridized carbons (Fsp3) is 0.609. The molecule has 0 aromatic heterocycles. The molecule has 1 aromatic rings. The van der Waals surface area contributed by atoms with Gasteiger partial charge in [0.15, 0.2) is 0 Å². The van der Waals surface area contributed by atoms with Crippen LogP contribution < -0.4 is 4.90 Å². The van der Waals surface area contributed by atoms with Gasteiger partial charge in [0.25, 0.3) is 5.91 Å². The minimum atomic E-state index is -0.762. The van der Waals surface area contributed by atoms with Crippen molar-refractivity contribution < 1.29 is 23.9 Å². The second-order valence-electron chi connectivity index (χ2n) is 9.09. The lowest BCUT2D eigenvalue weighted by Crippen LogP contribution is -2.49. The summed E-state index contributed by atoms with van der Waals surface area (Å²) in [6.07, 6.45) is 1.96. The second kappa shape index (κ2) is 9.26. The topological polar surface area (TPSA) is 79.4 Å². The maximum atomic E-state index is 13.5. The van der Waals surface area contributed by atoms with E-state index in [1.165, 1.54) is 12.0 Å². The number of likely N-dealkylation sites (tertiary alicyclic amines) is 1. The number of carbonyl (C=O) groups is 3. The molecule has 8 heteroatoms. The Morgan fingerprint density at radius 3 is 2.42 bits per heavy atom. The first-order valence-corrected chi connectivity index (χ1v) is 10.8. The molecular formula is C23H33N3O5. The summed E-state index contributed by atoms with van der Waals surface area (Å²) < 4.78 is 10.6. The van der Waals surface area contributed by atoms with E-state index in [-0.39, 0.29) is 18.4 Å². The Kier molecular flexibility index (Phi) is 6.89. The van der Waals surface area contributed by atoms with Crippen LogP contribution >= 0.6 is 0 Å². The van der Waals surface area contributed by atoms with Crippen LogP contribution in [0.4, 0.5) is 10.5 Å². The highest BCUT2D eigenvalue weighted by molar-refractivity contribution is 5.95. The van der Waals surface area contributed by atoms with E-state index in [1.54, 1.807) is 11.9 Å². The SMILES string of the molecule is COCC(=O)N(C)c1cccc2c1CCN(C(=O)OC(C)(C)C)C2C(=O)N1CCCC1. The molecule has 1 aromatic carbocycles. The minimum Gasteiger partial charge on any atom is -0.444 e. The molecule has 2 aliphatic rings. The van der Waals surface area contributed by atoms with Crippen LogP contribution in [0.5, 0.6) is 0 Å². The van der Waals surface area contributed by atoms with Crippen molar-refractivity contribution in [2.75, 3.05) is 45.3 Å². The summed E-state index contributed by atoms with van der Waals surface area (Å²) in [5.41, 5.74) is 1.74. The zero-order valence-electron chi connectivity index (χ0n) is 19.1. The fourth-order valence-corrected chi connectivity index (χ4v) is 4.21. The summed E-state index contributed by atoms with van der Waals surface area (Å²) in [5.74, 6) is -0.264. The first kappa shape index (κ1) is 23.1. The van der Waals surface area contributed by atoms with Crippen LogP contribution in [-0.2, 0) is 25.5 Å². The highest BCUT2D eigenvalue weighted by atomic mass is 16.6. The summed E-state index contributed by atoms with van der Waals surface area (Å²) in [5, 5.41) is 0. The zero-order chi connectivity index (χ0) is 22.8. The van der Waals surface area contributed by atoms with Crippen molar-refractivity contribution in [1.82, 2.24) is 9.80 Å². The number of nitrogens with zero attached hydrogens (tertiary/aromatic N) is 3. The van der Waals surface area contributed by atoms with E-state index in [1.807, 2.05) is 43.9 Å². The Morgan fingerprint density at radius 1 is 1.13 bits per heavy atom. The Balaban J connectivity index is 2.01. The van der Waals surface area contributed by atoms with Crippen LogP contribution in [0.2, 0.25) is 0 Å². The summed E-state index contributed by atoms with van der Waals surface area (Å²) >= 11 is 0. The van der Waals surface area contributed by atoms with Crippen LogP contribution in [0.25, 0.3) is 0 Å². The van der Waals surface area contributed by atoms with Gasteiger partial charge in [-0.3, -0.25) is 14.5 Å². The van der Waals surface area contributed by atoms with E-state index in [9.17, 15) is 14.4 Å². The third kappa shape index (κ3) is 5.01. The van der Waals surface area contributed by atoms with Crippen molar-refractivity contribution >= 4 is 23.6 Å². The summed E-state index contributed by atoms with van der Waals surface area (Å²) in [4.78, 5) is 43.9. The minimum absolute atomic E-state index is 0.0274. The third-order valence-corrected chi connectivity index (χ3v) is 5.68. The van der Waals surface area contributed by atoms with Gasteiger partial charge in [-0.15, -0.1) is 0 Å². The monoisotopic (exact) mass is 431 g/mol. The average molecular weight is 432 g/mol.